The number of nitrogens with one attached hydrogen (secondary N) is 1. The first-order valence-electron chi connectivity index (χ1n) is 8.69. The number of terminal acetylenes is 2. The predicted molar refractivity (Wildman–Crippen MR) is 114 cm³/mol. The summed E-state index contributed by atoms with van der Waals surface area (Å²) in [6.07, 6.45) is 14.1. The molecule has 0 aliphatic heterocycles. The van der Waals surface area contributed by atoms with Crippen molar-refractivity contribution in [2.75, 3.05) is 19.5 Å². The van der Waals surface area contributed by atoms with E-state index in [9.17, 15) is 4.79 Å². The minimum Gasteiger partial charge on any atom is -0.470 e. The van der Waals surface area contributed by atoms with Crippen LogP contribution in [-0.2, 0) is 9.53 Å². The Balaban J connectivity index is 2.16. The molecule has 0 bridgehead atoms. The fourth-order valence-corrected chi connectivity index (χ4v) is 3.15. The van der Waals surface area contributed by atoms with Gasteiger partial charge in [-0.05, 0) is 50.8 Å². The molecule has 0 saturated carbocycles. The standard InChI is InChI=1S/C22H24N2O3S/c1-7-9-26-14-22(4,5)24-20(25)21(28-6)27-18-10-15(3)19-17(12-18)11-16(8-2)13-23-19/h1-2,10-13,21H,9,14H2,3-6H3,(H,24,25). The summed E-state index contributed by atoms with van der Waals surface area (Å²) in [5, 5.41) is 3.81. The number of fused-ring (bicyclic) bond motifs is 1. The first-order chi connectivity index (χ1) is 13.3. The van der Waals surface area contributed by atoms with Gasteiger partial charge in [-0.2, -0.15) is 0 Å². The Morgan fingerprint density at radius 1 is 1.36 bits per heavy atom. The first kappa shape index (κ1) is 21.6. The molecule has 1 N–H and O–H groups in total. The molecule has 0 aliphatic carbocycles. The Hall–Kier alpha value is -2.67. The molecule has 1 heterocycles. The van der Waals surface area contributed by atoms with E-state index in [1.807, 2.05) is 45.2 Å². The third-order valence-corrected chi connectivity index (χ3v) is 4.63. The zero-order valence-corrected chi connectivity index (χ0v) is 17.4. The van der Waals surface area contributed by atoms with Crippen LogP contribution >= 0.6 is 11.8 Å². The van der Waals surface area contributed by atoms with Crippen molar-refractivity contribution in [3.8, 4) is 30.4 Å². The van der Waals surface area contributed by atoms with Gasteiger partial charge in [0.05, 0.1) is 17.7 Å². The van der Waals surface area contributed by atoms with Crippen LogP contribution in [0.1, 0.15) is 25.0 Å². The molecule has 0 spiro atoms. The van der Waals surface area contributed by atoms with Gasteiger partial charge in [-0.25, -0.2) is 0 Å². The average Bonchev–Trinajstić information content (AvgIpc) is 2.65. The molecule has 1 atom stereocenters. The molecule has 5 nitrogen and oxygen atoms in total. The summed E-state index contributed by atoms with van der Waals surface area (Å²) in [5.41, 5.74) is 1.20. The number of hydrogen-bond acceptors (Lipinski definition) is 5. The zero-order chi connectivity index (χ0) is 20.7. The zero-order valence-electron chi connectivity index (χ0n) is 16.5. The van der Waals surface area contributed by atoms with Gasteiger partial charge in [0.25, 0.3) is 5.91 Å². The normalized spacial score (nSPS) is 12.1. The number of thioether (sulfide) groups is 1. The maximum absolute atomic E-state index is 12.7. The number of pyridine rings is 1. The quantitative estimate of drug-likeness (QED) is 0.422. The highest BCUT2D eigenvalue weighted by Gasteiger charge is 2.27. The molecule has 0 aliphatic rings. The lowest BCUT2D eigenvalue weighted by atomic mass is 10.1. The van der Waals surface area contributed by atoms with E-state index in [1.165, 1.54) is 11.8 Å². The van der Waals surface area contributed by atoms with Crippen molar-refractivity contribution >= 4 is 28.6 Å². The van der Waals surface area contributed by atoms with Crippen LogP contribution in [0.15, 0.2) is 24.4 Å². The van der Waals surface area contributed by atoms with Crippen LogP contribution in [0.25, 0.3) is 10.9 Å². The summed E-state index contributed by atoms with van der Waals surface area (Å²) in [7, 11) is 0. The molecule has 6 heteroatoms. The first-order valence-corrected chi connectivity index (χ1v) is 9.98. The van der Waals surface area contributed by atoms with Crippen LogP contribution in [0.3, 0.4) is 0 Å². The minimum atomic E-state index is -0.715. The number of carbonyl (C=O) groups is 1. The van der Waals surface area contributed by atoms with Crippen molar-refractivity contribution in [3.63, 3.8) is 0 Å². The molecule has 2 rings (SSSR count). The number of carbonyl (C=O) groups excluding carboxylic acids is 1. The van der Waals surface area contributed by atoms with Crippen molar-refractivity contribution in [2.45, 2.75) is 31.7 Å². The lowest BCUT2D eigenvalue weighted by molar-refractivity contribution is -0.126. The highest BCUT2D eigenvalue weighted by atomic mass is 32.2. The average molecular weight is 397 g/mol. The highest BCUT2D eigenvalue weighted by molar-refractivity contribution is 7.99. The Labute approximate surface area is 170 Å². The lowest BCUT2D eigenvalue weighted by Crippen LogP contribution is -2.51. The molecule has 1 aromatic carbocycles. The molecule has 1 amide bonds. The van der Waals surface area contributed by atoms with Gasteiger partial charge in [-0.1, -0.05) is 11.8 Å². The predicted octanol–water partition coefficient (Wildman–Crippen LogP) is 3.14. The molecule has 146 valence electrons. The second-order valence-corrected chi connectivity index (χ2v) is 7.84. The van der Waals surface area contributed by atoms with Crippen LogP contribution < -0.4 is 10.1 Å². The molecule has 1 aromatic heterocycles. The number of hydrogen-bond donors (Lipinski definition) is 1. The van der Waals surface area contributed by atoms with Crippen molar-refractivity contribution in [1.29, 1.82) is 0 Å². The van der Waals surface area contributed by atoms with E-state index in [-0.39, 0.29) is 12.5 Å². The van der Waals surface area contributed by atoms with Gasteiger partial charge in [0.2, 0.25) is 5.44 Å². The van der Waals surface area contributed by atoms with Crippen molar-refractivity contribution in [2.24, 2.45) is 0 Å². The van der Waals surface area contributed by atoms with E-state index in [2.05, 4.69) is 22.1 Å². The van der Waals surface area contributed by atoms with Crippen molar-refractivity contribution < 1.29 is 14.3 Å². The largest absolute Gasteiger partial charge is 0.470 e. The van der Waals surface area contributed by atoms with E-state index in [0.717, 1.165) is 16.5 Å². The maximum Gasteiger partial charge on any atom is 0.272 e. The van der Waals surface area contributed by atoms with E-state index in [0.29, 0.717) is 17.9 Å². The number of aromatic nitrogens is 1. The molecular weight excluding hydrogens is 372 g/mol. The van der Waals surface area contributed by atoms with Crippen LogP contribution in [0, 0.1) is 31.6 Å². The SMILES string of the molecule is C#CCOCC(C)(C)NC(=O)C(Oc1cc(C)c2ncc(C#C)cc2c1)SC. The van der Waals surface area contributed by atoms with E-state index >= 15 is 0 Å². The van der Waals surface area contributed by atoms with Crippen molar-refractivity contribution in [1.82, 2.24) is 10.3 Å². The smallest absolute Gasteiger partial charge is 0.272 e. The van der Waals surface area contributed by atoms with Gasteiger partial charge in [-0.3, -0.25) is 9.78 Å². The molecule has 0 radical (unpaired) electrons. The second-order valence-electron chi connectivity index (χ2n) is 6.94. The van der Waals surface area contributed by atoms with Gasteiger partial charge >= 0.3 is 0 Å². The minimum absolute atomic E-state index is 0.200. The number of benzene rings is 1. The topological polar surface area (TPSA) is 60.5 Å². The number of nitrogens with zero attached hydrogens (tertiary/aromatic N) is 1. The Morgan fingerprint density at radius 3 is 2.75 bits per heavy atom. The van der Waals surface area contributed by atoms with E-state index in [4.69, 9.17) is 22.3 Å². The monoisotopic (exact) mass is 396 g/mol. The second kappa shape index (κ2) is 9.50. The van der Waals surface area contributed by atoms with Crippen LogP contribution in [0.5, 0.6) is 5.75 Å². The molecule has 0 fully saturated rings. The summed E-state index contributed by atoms with van der Waals surface area (Å²) < 4.78 is 11.3. The number of ether oxygens (including phenoxy) is 2. The fraction of sp³-hybridized carbons (Fsp3) is 0.364. The molecule has 2 aromatic rings. The Morgan fingerprint density at radius 2 is 2.11 bits per heavy atom. The summed E-state index contributed by atoms with van der Waals surface area (Å²) in [5.74, 6) is 5.33. The highest BCUT2D eigenvalue weighted by Crippen LogP contribution is 2.26. The maximum atomic E-state index is 12.7. The summed E-state index contributed by atoms with van der Waals surface area (Å²) in [6, 6.07) is 5.58. The molecular formula is C22H24N2O3S. The summed E-state index contributed by atoms with van der Waals surface area (Å²) >= 11 is 1.31. The number of rotatable bonds is 8. The van der Waals surface area contributed by atoms with Gasteiger partial charge < -0.3 is 14.8 Å². The van der Waals surface area contributed by atoms with Crippen LogP contribution in [0.4, 0.5) is 0 Å². The van der Waals surface area contributed by atoms with Gasteiger partial charge in [0, 0.05) is 17.1 Å². The van der Waals surface area contributed by atoms with Gasteiger partial charge in [0.1, 0.15) is 12.4 Å². The Bertz CT molecular complexity index is 941. The third-order valence-electron chi connectivity index (χ3n) is 3.90. The van der Waals surface area contributed by atoms with Gasteiger partial charge in [0.15, 0.2) is 0 Å². The fourth-order valence-electron chi connectivity index (χ4n) is 2.67. The summed E-state index contributed by atoms with van der Waals surface area (Å²) in [6.45, 7) is 6.18. The summed E-state index contributed by atoms with van der Waals surface area (Å²) in [4.78, 5) is 17.1. The number of aryl methyl sites for hydroxylation is 1. The molecule has 0 saturated heterocycles. The molecule has 28 heavy (non-hydrogen) atoms. The van der Waals surface area contributed by atoms with Crippen molar-refractivity contribution in [3.05, 3.63) is 35.5 Å². The van der Waals surface area contributed by atoms with Gasteiger partial charge in [-0.15, -0.1) is 24.6 Å². The van der Waals surface area contributed by atoms with Crippen LogP contribution in [0.2, 0.25) is 0 Å². The molecule has 1 unspecified atom stereocenters. The van der Waals surface area contributed by atoms with E-state index < -0.39 is 11.0 Å². The van der Waals surface area contributed by atoms with Crippen LogP contribution in [-0.4, -0.2) is 41.3 Å². The lowest BCUT2D eigenvalue weighted by Gasteiger charge is -2.28. The number of amides is 1. The van der Waals surface area contributed by atoms with E-state index in [1.54, 1.807) is 6.20 Å². The third kappa shape index (κ3) is 5.66. The Kier molecular flexibility index (Phi) is 7.34.